The van der Waals surface area contributed by atoms with E-state index >= 15 is 0 Å². The molecule has 0 aliphatic carbocycles. The van der Waals surface area contributed by atoms with E-state index in [1.165, 1.54) is 57.4 Å². The van der Waals surface area contributed by atoms with Gasteiger partial charge in [0.25, 0.3) is 0 Å². The number of unbranched alkanes of at least 4 members (excludes halogenated alkanes) is 9. The minimum Gasteiger partial charge on any atom is -0.494 e. The van der Waals surface area contributed by atoms with Crippen LogP contribution in [0.25, 0.3) is 0 Å². The zero-order valence-electron chi connectivity index (χ0n) is 14.2. The zero-order valence-corrected chi connectivity index (χ0v) is 14.9. The lowest BCUT2D eigenvalue weighted by atomic mass is 10.0. The lowest BCUT2D eigenvalue weighted by Crippen LogP contribution is -2.03. The Balaban J connectivity index is 2.15. The van der Waals surface area contributed by atoms with Crippen LogP contribution >= 0.6 is 11.6 Å². The maximum Gasteiger partial charge on any atom is 0.241 e. The smallest absolute Gasteiger partial charge is 0.241 e. The number of carbonyl (C=O) groups is 1. The molecule has 0 aromatic carbocycles. The van der Waals surface area contributed by atoms with Crippen LogP contribution in [0.3, 0.4) is 0 Å². The van der Waals surface area contributed by atoms with E-state index in [0.29, 0.717) is 12.0 Å². The van der Waals surface area contributed by atoms with Gasteiger partial charge in [-0.15, -0.1) is 0 Å². The molecule has 0 unspecified atom stereocenters. The first-order valence-electron chi connectivity index (χ1n) is 8.85. The summed E-state index contributed by atoms with van der Waals surface area (Å²) >= 11 is 5.30. The van der Waals surface area contributed by atoms with Gasteiger partial charge in [0.1, 0.15) is 6.54 Å². The molecule has 0 amide bonds. The number of aromatic hydroxyl groups is 2. The van der Waals surface area contributed by atoms with Crippen molar-refractivity contribution in [1.82, 2.24) is 4.57 Å². The molecular formula is C18H30ClNO3. The normalized spacial score (nSPS) is 11.0. The number of aromatic nitrogens is 1. The van der Waals surface area contributed by atoms with Gasteiger partial charge in [0.05, 0.1) is 0 Å². The molecule has 0 radical (unpaired) electrons. The first kappa shape index (κ1) is 19.9. The van der Waals surface area contributed by atoms with Gasteiger partial charge >= 0.3 is 0 Å². The first-order valence-corrected chi connectivity index (χ1v) is 9.22. The Labute approximate surface area is 144 Å². The Morgan fingerprint density at radius 3 is 2.04 bits per heavy atom. The third-order valence-corrected chi connectivity index (χ3v) is 4.32. The highest BCUT2D eigenvalue weighted by molar-refractivity contribution is 6.63. The molecule has 5 heteroatoms. The third-order valence-electron chi connectivity index (χ3n) is 4.20. The summed E-state index contributed by atoms with van der Waals surface area (Å²) in [4.78, 5) is 10.9. The molecule has 1 heterocycles. The fraction of sp³-hybridized carbons (Fsp3) is 0.722. The summed E-state index contributed by atoms with van der Waals surface area (Å²) in [6.45, 7) is 2.02. The minimum absolute atomic E-state index is 0.0487. The Bertz CT molecular complexity index is 471. The van der Waals surface area contributed by atoms with Gasteiger partial charge in [-0.25, -0.2) is 0 Å². The van der Waals surface area contributed by atoms with E-state index in [1.54, 1.807) is 0 Å². The molecular weight excluding hydrogens is 314 g/mol. The molecule has 0 atom stereocenters. The predicted molar refractivity (Wildman–Crippen MR) is 94.2 cm³/mol. The van der Waals surface area contributed by atoms with Gasteiger partial charge in [-0.1, -0.05) is 64.7 Å². The quantitative estimate of drug-likeness (QED) is 0.385. The Morgan fingerprint density at radius 1 is 1.00 bits per heavy atom. The van der Waals surface area contributed by atoms with E-state index in [9.17, 15) is 15.0 Å². The molecule has 0 aliphatic rings. The van der Waals surface area contributed by atoms with Gasteiger partial charge in [0.2, 0.25) is 5.24 Å². The van der Waals surface area contributed by atoms with Crippen LogP contribution in [-0.4, -0.2) is 20.0 Å². The van der Waals surface area contributed by atoms with Gasteiger partial charge in [-0.2, -0.15) is 0 Å². The second-order valence-electron chi connectivity index (χ2n) is 6.22. The van der Waals surface area contributed by atoms with Crippen molar-refractivity contribution in [3.8, 4) is 11.8 Å². The number of halogens is 1. The maximum absolute atomic E-state index is 10.9. The average molecular weight is 344 g/mol. The van der Waals surface area contributed by atoms with Crippen molar-refractivity contribution in [1.29, 1.82) is 0 Å². The van der Waals surface area contributed by atoms with Gasteiger partial charge < -0.3 is 10.2 Å². The van der Waals surface area contributed by atoms with Crippen molar-refractivity contribution < 1.29 is 15.0 Å². The third kappa shape index (κ3) is 7.78. The number of hydrogen-bond donors (Lipinski definition) is 2. The van der Waals surface area contributed by atoms with Crippen molar-refractivity contribution in [2.24, 2.45) is 0 Å². The Morgan fingerprint density at radius 2 is 1.52 bits per heavy atom. The van der Waals surface area contributed by atoms with Crippen molar-refractivity contribution in [2.75, 3.05) is 0 Å². The summed E-state index contributed by atoms with van der Waals surface area (Å²) in [5.74, 6) is -0.161. The molecule has 1 rings (SSSR count). The van der Waals surface area contributed by atoms with Gasteiger partial charge in [0.15, 0.2) is 11.8 Å². The van der Waals surface area contributed by atoms with Gasteiger partial charge in [-0.3, -0.25) is 9.36 Å². The Kier molecular flexibility index (Phi) is 9.85. The highest BCUT2D eigenvalue weighted by atomic mass is 35.5. The lowest BCUT2D eigenvalue weighted by Gasteiger charge is -2.04. The van der Waals surface area contributed by atoms with Crippen LogP contribution < -0.4 is 0 Å². The Hall–Kier alpha value is -1.16. The molecule has 0 spiro atoms. The van der Waals surface area contributed by atoms with Crippen molar-refractivity contribution in [3.05, 3.63) is 11.6 Å². The van der Waals surface area contributed by atoms with E-state index in [4.69, 9.17) is 11.6 Å². The summed E-state index contributed by atoms with van der Waals surface area (Å²) in [7, 11) is 0. The van der Waals surface area contributed by atoms with Crippen LogP contribution in [0.5, 0.6) is 11.8 Å². The van der Waals surface area contributed by atoms with Gasteiger partial charge in [0, 0.05) is 11.6 Å². The lowest BCUT2D eigenvalue weighted by molar-refractivity contribution is -0.112. The molecule has 0 aliphatic heterocycles. The topological polar surface area (TPSA) is 62.5 Å². The summed E-state index contributed by atoms with van der Waals surface area (Å²) in [5, 5.41) is 19.1. The molecule has 0 fully saturated rings. The first-order chi connectivity index (χ1) is 11.1. The van der Waals surface area contributed by atoms with Crippen LogP contribution in [0.15, 0.2) is 6.07 Å². The van der Waals surface area contributed by atoms with Crippen molar-refractivity contribution in [2.45, 2.75) is 84.1 Å². The van der Waals surface area contributed by atoms with Crippen LogP contribution in [0, 0.1) is 0 Å². The SMILES string of the molecule is CCCCCCCCCCCCc1cc(O)n(CC(=O)Cl)c1O. The second-order valence-corrected chi connectivity index (χ2v) is 6.65. The van der Waals surface area contributed by atoms with Crippen molar-refractivity contribution in [3.63, 3.8) is 0 Å². The maximum atomic E-state index is 10.9. The summed E-state index contributed by atoms with van der Waals surface area (Å²) in [6.07, 6.45) is 13.3. The van der Waals surface area contributed by atoms with E-state index in [1.807, 2.05) is 0 Å². The van der Waals surface area contributed by atoms with Gasteiger partial charge in [-0.05, 0) is 24.4 Å². The molecule has 1 aromatic heterocycles. The standard InChI is InChI=1S/C18H30ClNO3/c1-2-3-4-5-6-7-8-9-10-11-12-15-13-17(22)20(18(15)23)14-16(19)21/h13,22-23H,2-12,14H2,1H3. The second kappa shape index (κ2) is 11.4. The number of carbonyl (C=O) groups excluding carboxylic acids is 1. The predicted octanol–water partition coefficient (Wildman–Crippen LogP) is 5.13. The van der Waals surface area contributed by atoms with Crippen LogP contribution in [-0.2, 0) is 17.8 Å². The molecule has 4 nitrogen and oxygen atoms in total. The summed E-state index contributed by atoms with van der Waals surface area (Å²) in [5.41, 5.74) is 0.681. The minimum atomic E-state index is -0.614. The number of nitrogens with zero attached hydrogens (tertiary/aromatic N) is 1. The summed E-state index contributed by atoms with van der Waals surface area (Å²) in [6, 6.07) is 1.52. The molecule has 23 heavy (non-hydrogen) atoms. The number of aryl methyl sites for hydroxylation is 1. The summed E-state index contributed by atoms with van der Waals surface area (Å²) < 4.78 is 1.14. The van der Waals surface area contributed by atoms with Crippen LogP contribution in [0.4, 0.5) is 0 Å². The van der Waals surface area contributed by atoms with Crippen molar-refractivity contribution >= 4 is 16.8 Å². The zero-order chi connectivity index (χ0) is 17.1. The molecule has 0 saturated carbocycles. The molecule has 0 bridgehead atoms. The van der Waals surface area contributed by atoms with E-state index in [0.717, 1.165) is 17.4 Å². The molecule has 2 N–H and O–H groups in total. The van der Waals surface area contributed by atoms with E-state index in [2.05, 4.69) is 6.92 Å². The largest absolute Gasteiger partial charge is 0.494 e. The average Bonchev–Trinajstić information content (AvgIpc) is 2.76. The van der Waals surface area contributed by atoms with E-state index < -0.39 is 5.24 Å². The molecule has 132 valence electrons. The fourth-order valence-corrected chi connectivity index (χ4v) is 2.97. The fourth-order valence-electron chi connectivity index (χ4n) is 2.85. The number of hydrogen-bond acceptors (Lipinski definition) is 3. The highest BCUT2D eigenvalue weighted by Crippen LogP contribution is 2.29. The van der Waals surface area contributed by atoms with E-state index in [-0.39, 0.29) is 18.3 Å². The van der Waals surface area contributed by atoms with Crippen LogP contribution in [0.2, 0.25) is 0 Å². The van der Waals surface area contributed by atoms with Crippen LogP contribution in [0.1, 0.15) is 76.7 Å². The monoisotopic (exact) mass is 343 g/mol. The highest BCUT2D eigenvalue weighted by Gasteiger charge is 2.15. The molecule has 0 saturated heterocycles. The number of rotatable bonds is 13. The molecule has 1 aromatic rings.